The van der Waals surface area contributed by atoms with Crippen LogP contribution in [-0.2, 0) is 6.42 Å². The van der Waals surface area contributed by atoms with Crippen molar-refractivity contribution in [2.45, 2.75) is 13.3 Å². The molecule has 3 nitrogen and oxygen atoms in total. The Balaban J connectivity index is 1.84. The van der Waals surface area contributed by atoms with Crippen LogP contribution < -0.4 is 5.32 Å². The highest BCUT2D eigenvalue weighted by Gasteiger charge is 2.07. The molecular formula is C14H13N3S2. The minimum absolute atomic E-state index is 0.908. The predicted molar refractivity (Wildman–Crippen MR) is 82.3 cm³/mol. The van der Waals surface area contributed by atoms with E-state index in [2.05, 4.69) is 40.4 Å². The zero-order valence-electron chi connectivity index (χ0n) is 10.5. The fourth-order valence-electron chi connectivity index (χ4n) is 1.85. The summed E-state index contributed by atoms with van der Waals surface area (Å²) >= 11 is 3.21. The molecule has 0 atom stereocenters. The summed E-state index contributed by atoms with van der Waals surface area (Å²) in [6.07, 6.45) is 2.81. The maximum absolute atomic E-state index is 4.58. The van der Waals surface area contributed by atoms with Crippen LogP contribution in [0.3, 0.4) is 0 Å². The van der Waals surface area contributed by atoms with Crippen LogP contribution in [0, 0.1) is 0 Å². The van der Waals surface area contributed by atoms with Crippen molar-refractivity contribution in [3.8, 4) is 10.7 Å². The summed E-state index contributed by atoms with van der Waals surface area (Å²) < 4.78 is 0. The second-order valence-electron chi connectivity index (χ2n) is 4.01. The van der Waals surface area contributed by atoms with Gasteiger partial charge in [0.25, 0.3) is 0 Å². The Kier molecular flexibility index (Phi) is 3.57. The van der Waals surface area contributed by atoms with E-state index < -0.39 is 0 Å². The molecule has 0 amide bonds. The van der Waals surface area contributed by atoms with Gasteiger partial charge in [0.05, 0.1) is 0 Å². The molecule has 0 radical (unpaired) electrons. The van der Waals surface area contributed by atoms with E-state index in [1.807, 2.05) is 16.8 Å². The summed E-state index contributed by atoms with van der Waals surface area (Å²) in [4.78, 5) is 8.85. The standard InChI is InChI=1S/C14H13N3S2/c1-2-10-5-3-4-6-11(10)16-14-17-12(9-19-14)13-15-7-8-18-13/h3-9H,2H2,1H3,(H,16,17). The molecule has 0 aliphatic rings. The fraction of sp³-hybridized carbons (Fsp3) is 0.143. The van der Waals surface area contributed by atoms with Crippen LogP contribution in [0.4, 0.5) is 10.8 Å². The smallest absolute Gasteiger partial charge is 0.187 e. The number of anilines is 2. The number of benzene rings is 1. The van der Waals surface area contributed by atoms with Crippen LogP contribution in [0.2, 0.25) is 0 Å². The SMILES string of the molecule is CCc1ccccc1Nc1nc(-c2nccs2)cs1. The van der Waals surface area contributed by atoms with Crippen molar-refractivity contribution in [1.82, 2.24) is 9.97 Å². The Bertz CT molecular complexity index is 659. The third kappa shape index (κ3) is 2.67. The summed E-state index contributed by atoms with van der Waals surface area (Å²) in [7, 11) is 0. The van der Waals surface area contributed by atoms with Gasteiger partial charge in [-0.05, 0) is 18.1 Å². The number of rotatable bonds is 4. The maximum Gasteiger partial charge on any atom is 0.187 e. The lowest BCUT2D eigenvalue weighted by atomic mass is 10.1. The van der Waals surface area contributed by atoms with Crippen molar-refractivity contribution in [3.05, 3.63) is 46.8 Å². The van der Waals surface area contributed by atoms with Gasteiger partial charge in [0.1, 0.15) is 10.7 Å². The normalized spacial score (nSPS) is 10.6. The zero-order chi connectivity index (χ0) is 13.1. The molecule has 0 saturated carbocycles. The quantitative estimate of drug-likeness (QED) is 0.763. The van der Waals surface area contributed by atoms with Gasteiger partial charge in [-0.15, -0.1) is 22.7 Å². The topological polar surface area (TPSA) is 37.8 Å². The van der Waals surface area contributed by atoms with E-state index in [0.29, 0.717) is 0 Å². The highest BCUT2D eigenvalue weighted by molar-refractivity contribution is 7.15. The van der Waals surface area contributed by atoms with Crippen molar-refractivity contribution >= 4 is 33.5 Å². The van der Waals surface area contributed by atoms with Gasteiger partial charge in [-0.1, -0.05) is 25.1 Å². The summed E-state index contributed by atoms with van der Waals surface area (Å²) in [5.41, 5.74) is 3.37. The Morgan fingerprint density at radius 2 is 2.11 bits per heavy atom. The van der Waals surface area contributed by atoms with Gasteiger partial charge in [0, 0.05) is 22.6 Å². The van der Waals surface area contributed by atoms with E-state index in [0.717, 1.165) is 27.9 Å². The second-order valence-corrected chi connectivity index (χ2v) is 5.76. The number of nitrogens with zero attached hydrogens (tertiary/aromatic N) is 2. The Labute approximate surface area is 120 Å². The molecule has 0 fully saturated rings. The highest BCUT2D eigenvalue weighted by atomic mass is 32.1. The summed E-state index contributed by atoms with van der Waals surface area (Å²) in [5, 5.41) is 9.27. The molecule has 19 heavy (non-hydrogen) atoms. The number of aromatic nitrogens is 2. The first-order valence-corrected chi connectivity index (χ1v) is 7.83. The summed E-state index contributed by atoms with van der Waals surface area (Å²) in [6, 6.07) is 8.32. The van der Waals surface area contributed by atoms with E-state index in [9.17, 15) is 0 Å². The predicted octanol–water partition coefficient (Wildman–Crippen LogP) is 4.57. The molecule has 0 aliphatic heterocycles. The monoisotopic (exact) mass is 287 g/mol. The first-order chi connectivity index (χ1) is 9.36. The molecule has 0 aliphatic carbocycles. The Hall–Kier alpha value is -1.72. The van der Waals surface area contributed by atoms with Gasteiger partial charge < -0.3 is 5.32 Å². The third-order valence-electron chi connectivity index (χ3n) is 2.80. The molecule has 5 heteroatoms. The molecule has 3 rings (SSSR count). The van der Waals surface area contributed by atoms with Gasteiger partial charge in [0.2, 0.25) is 0 Å². The third-order valence-corrected chi connectivity index (χ3v) is 4.35. The molecule has 0 unspecified atom stereocenters. The molecule has 2 aromatic heterocycles. The summed E-state index contributed by atoms with van der Waals surface area (Å²) in [5.74, 6) is 0. The average Bonchev–Trinajstić information content (AvgIpc) is 3.09. The lowest BCUT2D eigenvalue weighted by Gasteiger charge is -2.07. The van der Waals surface area contributed by atoms with Crippen molar-refractivity contribution in [3.63, 3.8) is 0 Å². The van der Waals surface area contributed by atoms with Crippen LogP contribution in [0.25, 0.3) is 10.7 Å². The van der Waals surface area contributed by atoms with E-state index in [4.69, 9.17) is 0 Å². The van der Waals surface area contributed by atoms with Gasteiger partial charge in [0.15, 0.2) is 5.13 Å². The van der Waals surface area contributed by atoms with Crippen molar-refractivity contribution < 1.29 is 0 Å². The molecule has 3 aromatic rings. The first-order valence-electron chi connectivity index (χ1n) is 6.07. The van der Waals surface area contributed by atoms with Crippen LogP contribution in [0.15, 0.2) is 41.2 Å². The van der Waals surface area contributed by atoms with Crippen molar-refractivity contribution in [2.75, 3.05) is 5.32 Å². The maximum atomic E-state index is 4.58. The largest absolute Gasteiger partial charge is 0.331 e. The molecule has 96 valence electrons. The number of hydrogen-bond acceptors (Lipinski definition) is 5. The van der Waals surface area contributed by atoms with E-state index in [-0.39, 0.29) is 0 Å². The Morgan fingerprint density at radius 1 is 1.21 bits per heavy atom. The highest BCUT2D eigenvalue weighted by Crippen LogP contribution is 2.29. The molecule has 2 heterocycles. The zero-order valence-corrected chi connectivity index (χ0v) is 12.1. The number of nitrogens with one attached hydrogen (secondary N) is 1. The molecule has 1 N–H and O–H groups in total. The molecule has 0 saturated heterocycles. The van der Waals surface area contributed by atoms with Crippen LogP contribution >= 0.6 is 22.7 Å². The first kappa shape index (κ1) is 12.3. The van der Waals surface area contributed by atoms with Gasteiger partial charge in [-0.2, -0.15) is 0 Å². The number of aryl methyl sites for hydroxylation is 1. The minimum Gasteiger partial charge on any atom is -0.331 e. The fourth-order valence-corrected chi connectivity index (χ4v) is 3.22. The lowest BCUT2D eigenvalue weighted by molar-refractivity contribution is 1.14. The van der Waals surface area contributed by atoms with E-state index in [1.165, 1.54) is 5.56 Å². The van der Waals surface area contributed by atoms with E-state index in [1.54, 1.807) is 28.9 Å². The van der Waals surface area contributed by atoms with Crippen LogP contribution in [0.1, 0.15) is 12.5 Å². The molecular weight excluding hydrogens is 274 g/mol. The van der Waals surface area contributed by atoms with Crippen molar-refractivity contribution in [1.29, 1.82) is 0 Å². The van der Waals surface area contributed by atoms with Crippen LogP contribution in [0.5, 0.6) is 0 Å². The summed E-state index contributed by atoms with van der Waals surface area (Å²) in [6.45, 7) is 2.16. The van der Waals surface area contributed by atoms with Crippen molar-refractivity contribution in [2.24, 2.45) is 0 Å². The van der Waals surface area contributed by atoms with Crippen LogP contribution in [-0.4, -0.2) is 9.97 Å². The Morgan fingerprint density at radius 3 is 2.89 bits per heavy atom. The lowest BCUT2D eigenvalue weighted by Crippen LogP contribution is -1.94. The van der Waals surface area contributed by atoms with E-state index >= 15 is 0 Å². The van der Waals surface area contributed by atoms with Gasteiger partial charge in [-0.25, -0.2) is 9.97 Å². The van der Waals surface area contributed by atoms with Gasteiger partial charge >= 0.3 is 0 Å². The number of hydrogen-bond donors (Lipinski definition) is 1. The minimum atomic E-state index is 0.908. The average molecular weight is 287 g/mol. The number of thiazole rings is 2. The molecule has 0 spiro atoms. The number of para-hydroxylation sites is 1. The second kappa shape index (κ2) is 5.50. The molecule has 0 bridgehead atoms. The van der Waals surface area contributed by atoms with Gasteiger partial charge in [-0.3, -0.25) is 0 Å². The molecule has 1 aromatic carbocycles.